The quantitative estimate of drug-likeness (QED) is 0.727. The van der Waals surface area contributed by atoms with E-state index in [2.05, 4.69) is 5.32 Å². The molecule has 0 radical (unpaired) electrons. The molecule has 4 nitrogen and oxygen atoms in total. The molecule has 2 aromatic carbocycles. The second-order valence-electron chi connectivity index (χ2n) is 4.18. The molecule has 2 rings (SSSR count). The van der Waals surface area contributed by atoms with E-state index in [1.165, 1.54) is 18.2 Å². The minimum Gasteiger partial charge on any atom is -0.508 e. The Morgan fingerprint density at radius 2 is 2.05 bits per heavy atom. The van der Waals surface area contributed by atoms with E-state index in [0.29, 0.717) is 11.1 Å². The Morgan fingerprint density at radius 1 is 1.32 bits per heavy atom. The molecule has 1 amide bonds. The van der Waals surface area contributed by atoms with E-state index in [-0.39, 0.29) is 17.1 Å². The highest BCUT2D eigenvalue weighted by atomic mass is 19.1. The smallest absolute Gasteiger partial charge is 0.256 e. The van der Waals surface area contributed by atoms with Gasteiger partial charge in [0.1, 0.15) is 11.6 Å². The number of amides is 1. The van der Waals surface area contributed by atoms with E-state index < -0.39 is 11.7 Å². The average Bonchev–Trinajstić information content (AvgIpc) is 2.31. The Hall–Kier alpha value is -2.56. The number of halogens is 1. The summed E-state index contributed by atoms with van der Waals surface area (Å²) in [4.78, 5) is 12.0. The third-order valence-corrected chi connectivity index (χ3v) is 2.73. The van der Waals surface area contributed by atoms with Crippen LogP contribution >= 0.6 is 0 Å². The van der Waals surface area contributed by atoms with Crippen molar-refractivity contribution in [3.63, 3.8) is 0 Å². The van der Waals surface area contributed by atoms with Gasteiger partial charge in [-0.3, -0.25) is 4.79 Å². The third-order valence-electron chi connectivity index (χ3n) is 2.73. The van der Waals surface area contributed by atoms with Crippen molar-refractivity contribution in [3.8, 4) is 5.75 Å². The number of nitrogen functional groups attached to an aromatic ring is 1. The van der Waals surface area contributed by atoms with Gasteiger partial charge in [0.15, 0.2) is 0 Å². The molecule has 5 heteroatoms. The van der Waals surface area contributed by atoms with Gasteiger partial charge in [0.2, 0.25) is 0 Å². The van der Waals surface area contributed by atoms with E-state index in [1.807, 2.05) is 0 Å². The molecular weight excluding hydrogens is 247 g/mol. The van der Waals surface area contributed by atoms with Crippen LogP contribution in [-0.2, 0) is 0 Å². The van der Waals surface area contributed by atoms with Crippen LogP contribution in [0.15, 0.2) is 36.4 Å². The van der Waals surface area contributed by atoms with Crippen LogP contribution in [0.1, 0.15) is 15.9 Å². The van der Waals surface area contributed by atoms with E-state index in [0.717, 1.165) is 6.07 Å². The van der Waals surface area contributed by atoms with Crippen LogP contribution in [0.2, 0.25) is 0 Å². The van der Waals surface area contributed by atoms with Crippen molar-refractivity contribution in [2.24, 2.45) is 0 Å². The number of hydrogen-bond donors (Lipinski definition) is 3. The molecule has 0 aliphatic carbocycles. The predicted octanol–water partition coefficient (Wildman–Crippen LogP) is 2.67. The molecule has 0 heterocycles. The number of anilines is 2. The molecule has 0 unspecified atom stereocenters. The SMILES string of the molecule is Cc1c(O)cccc1C(=O)Nc1cc(N)cc(F)c1. The van der Waals surface area contributed by atoms with Crippen LogP contribution in [0.4, 0.5) is 15.8 Å². The zero-order valence-corrected chi connectivity index (χ0v) is 10.3. The zero-order valence-electron chi connectivity index (χ0n) is 10.3. The van der Waals surface area contributed by atoms with Crippen LogP contribution in [0.25, 0.3) is 0 Å². The fourth-order valence-electron chi connectivity index (χ4n) is 1.75. The second kappa shape index (κ2) is 4.97. The van der Waals surface area contributed by atoms with Gasteiger partial charge in [0.05, 0.1) is 0 Å². The molecule has 0 fully saturated rings. The topological polar surface area (TPSA) is 75.3 Å². The molecule has 0 aliphatic heterocycles. The Balaban J connectivity index is 2.28. The molecule has 0 aromatic heterocycles. The summed E-state index contributed by atoms with van der Waals surface area (Å²) < 4.78 is 13.2. The van der Waals surface area contributed by atoms with Crippen LogP contribution < -0.4 is 11.1 Å². The molecule has 0 spiro atoms. The summed E-state index contributed by atoms with van der Waals surface area (Å²) >= 11 is 0. The highest BCUT2D eigenvalue weighted by molar-refractivity contribution is 6.05. The van der Waals surface area contributed by atoms with Crippen molar-refractivity contribution >= 4 is 17.3 Å². The maximum Gasteiger partial charge on any atom is 0.256 e. The van der Waals surface area contributed by atoms with Crippen LogP contribution in [-0.4, -0.2) is 11.0 Å². The fraction of sp³-hybridized carbons (Fsp3) is 0.0714. The summed E-state index contributed by atoms with van der Waals surface area (Å²) in [7, 11) is 0. The Bertz CT molecular complexity index is 621. The Kier molecular flexibility index (Phi) is 3.37. The van der Waals surface area contributed by atoms with Gasteiger partial charge < -0.3 is 16.2 Å². The first kappa shape index (κ1) is 12.9. The first-order valence-electron chi connectivity index (χ1n) is 5.63. The van der Waals surface area contributed by atoms with Crippen LogP contribution in [0.5, 0.6) is 5.75 Å². The number of carbonyl (C=O) groups excluding carboxylic acids is 1. The second-order valence-corrected chi connectivity index (χ2v) is 4.18. The zero-order chi connectivity index (χ0) is 14.0. The molecule has 0 saturated heterocycles. The van der Waals surface area contributed by atoms with E-state index >= 15 is 0 Å². The average molecular weight is 260 g/mol. The van der Waals surface area contributed by atoms with E-state index in [1.54, 1.807) is 19.1 Å². The largest absolute Gasteiger partial charge is 0.508 e. The molecule has 0 bridgehead atoms. The summed E-state index contributed by atoms with van der Waals surface area (Å²) in [5.41, 5.74) is 6.77. The molecule has 2 aromatic rings. The van der Waals surface area contributed by atoms with Crippen molar-refractivity contribution in [1.82, 2.24) is 0 Å². The summed E-state index contributed by atoms with van der Waals surface area (Å²) in [6, 6.07) is 8.43. The summed E-state index contributed by atoms with van der Waals surface area (Å²) in [6.07, 6.45) is 0. The third kappa shape index (κ3) is 2.82. The molecular formula is C14H13FN2O2. The van der Waals surface area contributed by atoms with Crippen LogP contribution in [0.3, 0.4) is 0 Å². The minimum atomic E-state index is -0.525. The molecule has 0 aliphatic rings. The fourth-order valence-corrected chi connectivity index (χ4v) is 1.75. The van der Waals surface area contributed by atoms with Gasteiger partial charge in [-0.05, 0) is 37.3 Å². The number of benzene rings is 2. The molecule has 0 atom stereocenters. The monoisotopic (exact) mass is 260 g/mol. The van der Waals surface area contributed by atoms with Crippen molar-refractivity contribution in [1.29, 1.82) is 0 Å². The number of rotatable bonds is 2. The Morgan fingerprint density at radius 3 is 2.74 bits per heavy atom. The van der Waals surface area contributed by atoms with E-state index in [4.69, 9.17) is 5.73 Å². The molecule has 19 heavy (non-hydrogen) atoms. The predicted molar refractivity (Wildman–Crippen MR) is 71.6 cm³/mol. The van der Waals surface area contributed by atoms with Gasteiger partial charge in [-0.2, -0.15) is 0 Å². The first-order valence-corrected chi connectivity index (χ1v) is 5.63. The lowest BCUT2D eigenvalue weighted by Gasteiger charge is -2.09. The van der Waals surface area contributed by atoms with Gasteiger partial charge in [-0.25, -0.2) is 4.39 Å². The maximum atomic E-state index is 13.2. The van der Waals surface area contributed by atoms with Crippen molar-refractivity contribution in [2.75, 3.05) is 11.1 Å². The van der Waals surface area contributed by atoms with Crippen molar-refractivity contribution in [3.05, 3.63) is 53.3 Å². The van der Waals surface area contributed by atoms with Gasteiger partial charge in [0.25, 0.3) is 5.91 Å². The highest BCUT2D eigenvalue weighted by Crippen LogP contribution is 2.21. The van der Waals surface area contributed by atoms with E-state index in [9.17, 15) is 14.3 Å². The lowest BCUT2D eigenvalue weighted by atomic mass is 10.1. The first-order chi connectivity index (χ1) is 8.97. The molecule has 4 N–H and O–H groups in total. The maximum absolute atomic E-state index is 13.2. The summed E-state index contributed by atoms with van der Waals surface area (Å²) in [5.74, 6) is -0.923. The lowest BCUT2D eigenvalue weighted by molar-refractivity contribution is 0.102. The van der Waals surface area contributed by atoms with Crippen molar-refractivity contribution < 1.29 is 14.3 Å². The van der Waals surface area contributed by atoms with Crippen LogP contribution in [0, 0.1) is 12.7 Å². The number of aromatic hydroxyl groups is 1. The molecule has 0 saturated carbocycles. The standard InChI is InChI=1S/C14H13FN2O2/c1-8-12(3-2-4-13(8)18)14(19)17-11-6-9(15)5-10(16)7-11/h2-7,18H,16H2,1H3,(H,17,19). The minimum absolute atomic E-state index is 0.0337. The van der Waals surface area contributed by atoms with Gasteiger partial charge in [-0.1, -0.05) is 6.07 Å². The number of hydrogen-bond acceptors (Lipinski definition) is 3. The number of phenols is 1. The van der Waals surface area contributed by atoms with Gasteiger partial charge >= 0.3 is 0 Å². The highest BCUT2D eigenvalue weighted by Gasteiger charge is 2.12. The Labute approximate surface area is 109 Å². The normalized spacial score (nSPS) is 10.2. The molecule has 98 valence electrons. The van der Waals surface area contributed by atoms with Gasteiger partial charge in [-0.15, -0.1) is 0 Å². The number of phenolic OH excluding ortho intramolecular Hbond substituents is 1. The lowest BCUT2D eigenvalue weighted by Crippen LogP contribution is -2.13. The summed E-state index contributed by atoms with van der Waals surface area (Å²) in [5, 5.41) is 12.1. The number of carbonyl (C=O) groups is 1. The van der Waals surface area contributed by atoms with Gasteiger partial charge in [0, 0.05) is 22.5 Å². The number of nitrogens with one attached hydrogen (secondary N) is 1. The number of nitrogens with two attached hydrogens (primary N) is 1. The van der Waals surface area contributed by atoms with Crippen molar-refractivity contribution in [2.45, 2.75) is 6.92 Å². The summed E-state index contributed by atoms with van der Waals surface area (Å²) in [6.45, 7) is 1.63.